The van der Waals surface area contributed by atoms with E-state index in [1.54, 1.807) is 0 Å². The lowest BCUT2D eigenvalue weighted by Gasteiger charge is -2.10. The lowest BCUT2D eigenvalue weighted by atomic mass is 10.2. The van der Waals surface area contributed by atoms with Crippen LogP contribution in [0.2, 0.25) is 0 Å². The van der Waals surface area contributed by atoms with E-state index in [0.717, 1.165) is 11.3 Å². The summed E-state index contributed by atoms with van der Waals surface area (Å²) in [5, 5.41) is 11.0. The lowest BCUT2D eigenvalue weighted by molar-refractivity contribution is -0.140. The molecule has 0 saturated carbocycles. The van der Waals surface area contributed by atoms with Gasteiger partial charge in [0.1, 0.15) is 12.2 Å². The molecule has 18 heavy (non-hydrogen) atoms. The van der Waals surface area contributed by atoms with Crippen LogP contribution < -0.4 is 10.1 Å². The van der Waals surface area contributed by atoms with Crippen molar-refractivity contribution in [1.82, 2.24) is 5.32 Å². The van der Waals surface area contributed by atoms with Crippen LogP contribution in [0, 0.1) is 0 Å². The highest BCUT2D eigenvalue weighted by atomic mass is 16.5. The van der Waals surface area contributed by atoms with E-state index in [1.165, 1.54) is 0 Å². The summed E-state index contributed by atoms with van der Waals surface area (Å²) in [5.41, 5.74) is 0.893. The van der Waals surface area contributed by atoms with E-state index in [2.05, 4.69) is 5.32 Å². The van der Waals surface area contributed by atoms with Crippen molar-refractivity contribution in [3.8, 4) is 5.75 Å². The zero-order valence-corrected chi connectivity index (χ0v) is 10.5. The van der Waals surface area contributed by atoms with Crippen LogP contribution in [0.5, 0.6) is 5.75 Å². The van der Waals surface area contributed by atoms with Gasteiger partial charge in [0, 0.05) is 6.54 Å². The first-order valence-corrected chi connectivity index (χ1v) is 5.71. The first-order valence-electron chi connectivity index (χ1n) is 5.71. The molecule has 1 aromatic rings. The number of aliphatic carboxylic acids is 1. The molecule has 0 aliphatic carbocycles. The number of hydrogen-bond acceptors (Lipinski definition) is 3. The topological polar surface area (TPSA) is 75.6 Å². The largest absolute Gasteiger partial charge is 0.491 e. The number of carbonyl (C=O) groups is 2. The van der Waals surface area contributed by atoms with Gasteiger partial charge in [-0.2, -0.15) is 0 Å². The number of ether oxygens (including phenoxy) is 1. The number of benzene rings is 1. The Labute approximate surface area is 106 Å². The normalized spacial score (nSPS) is 10.2. The SMILES string of the molecule is CC(C)Oc1ccc(CNC(=O)CC(=O)O)cc1. The third-order valence-electron chi connectivity index (χ3n) is 2.10. The number of amides is 1. The van der Waals surface area contributed by atoms with E-state index in [4.69, 9.17) is 9.84 Å². The highest BCUT2D eigenvalue weighted by Gasteiger charge is 2.06. The fourth-order valence-electron chi connectivity index (χ4n) is 1.36. The monoisotopic (exact) mass is 251 g/mol. The third kappa shape index (κ3) is 5.34. The van der Waals surface area contributed by atoms with Gasteiger partial charge < -0.3 is 15.2 Å². The molecule has 0 unspecified atom stereocenters. The Kier molecular flexibility index (Phi) is 5.17. The van der Waals surface area contributed by atoms with Gasteiger partial charge >= 0.3 is 5.97 Å². The van der Waals surface area contributed by atoms with Crippen LogP contribution in [0.4, 0.5) is 0 Å². The fourth-order valence-corrected chi connectivity index (χ4v) is 1.36. The van der Waals surface area contributed by atoms with Crippen molar-refractivity contribution in [1.29, 1.82) is 0 Å². The molecule has 1 amide bonds. The average Bonchev–Trinajstić information content (AvgIpc) is 2.26. The third-order valence-corrected chi connectivity index (χ3v) is 2.10. The lowest BCUT2D eigenvalue weighted by Crippen LogP contribution is -2.24. The molecule has 0 fully saturated rings. The summed E-state index contributed by atoms with van der Waals surface area (Å²) in [4.78, 5) is 21.4. The Hall–Kier alpha value is -2.04. The molecule has 0 heterocycles. The second kappa shape index (κ2) is 6.64. The maximum atomic E-state index is 11.1. The van der Waals surface area contributed by atoms with Gasteiger partial charge in [0.05, 0.1) is 6.10 Å². The smallest absolute Gasteiger partial charge is 0.312 e. The van der Waals surface area contributed by atoms with Crippen molar-refractivity contribution >= 4 is 11.9 Å². The molecule has 0 bridgehead atoms. The van der Waals surface area contributed by atoms with Gasteiger partial charge in [-0.1, -0.05) is 12.1 Å². The minimum Gasteiger partial charge on any atom is -0.491 e. The van der Waals surface area contributed by atoms with Gasteiger partial charge in [0.15, 0.2) is 0 Å². The Morgan fingerprint density at radius 2 is 1.89 bits per heavy atom. The van der Waals surface area contributed by atoms with Gasteiger partial charge in [-0.3, -0.25) is 9.59 Å². The zero-order chi connectivity index (χ0) is 13.5. The first-order chi connectivity index (χ1) is 8.47. The van der Waals surface area contributed by atoms with E-state index < -0.39 is 18.3 Å². The summed E-state index contributed by atoms with van der Waals surface area (Å²) < 4.78 is 5.48. The Bertz CT molecular complexity index is 412. The molecule has 1 rings (SSSR count). The number of hydrogen-bond donors (Lipinski definition) is 2. The number of carboxylic acid groups (broad SMARTS) is 1. The highest BCUT2D eigenvalue weighted by Crippen LogP contribution is 2.13. The molecule has 0 radical (unpaired) electrons. The molecular weight excluding hydrogens is 234 g/mol. The zero-order valence-electron chi connectivity index (χ0n) is 10.5. The van der Waals surface area contributed by atoms with Crippen molar-refractivity contribution < 1.29 is 19.4 Å². The molecular formula is C13H17NO4. The minimum absolute atomic E-state index is 0.117. The molecule has 0 spiro atoms. The predicted octanol–water partition coefficient (Wildman–Crippen LogP) is 1.56. The van der Waals surface area contributed by atoms with Crippen LogP contribution in [-0.4, -0.2) is 23.1 Å². The van der Waals surface area contributed by atoms with Crippen molar-refractivity contribution in [2.24, 2.45) is 0 Å². The maximum absolute atomic E-state index is 11.1. The average molecular weight is 251 g/mol. The molecule has 1 aromatic carbocycles. The summed E-state index contributed by atoms with van der Waals surface area (Å²) in [7, 11) is 0. The fraction of sp³-hybridized carbons (Fsp3) is 0.385. The minimum atomic E-state index is -1.13. The van der Waals surface area contributed by atoms with Crippen molar-refractivity contribution in [2.45, 2.75) is 32.9 Å². The van der Waals surface area contributed by atoms with Crippen molar-refractivity contribution in [3.63, 3.8) is 0 Å². The molecule has 0 aliphatic heterocycles. The van der Waals surface area contributed by atoms with Crippen molar-refractivity contribution in [3.05, 3.63) is 29.8 Å². The van der Waals surface area contributed by atoms with Crippen molar-refractivity contribution in [2.75, 3.05) is 0 Å². The molecule has 0 atom stereocenters. The quantitative estimate of drug-likeness (QED) is 0.752. The van der Waals surface area contributed by atoms with E-state index in [0.29, 0.717) is 6.54 Å². The van der Waals surface area contributed by atoms with E-state index >= 15 is 0 Å². The van der Waals surface area contributed by atoms with Crippen LogP contribution >= 0.6 is 0 Å². The summed E-state index contributed by atoms with van der Waals surface area (Å²) in [6.07, 6.45) is -0.389. The van der Waals surface area contributed by atoms with E-state index in [1.807, 2.05) is 38.1 Å². The van der Waals surface area contributed by atoms with Crippen LogP contribution in [0.3, 0.4) is 0 Å². The maximum Gasteiger partial charge on any atom is 0.312 e. The molecule has 98 valence electrons. The second-order valence-electron chi connectivity index (χ2n) is 4.16. The van der Waals surface area contributed by atoms with Crippen LogP contribution in [0.25, 0.3) is 0 Å². The van der Waals surface area contributed by atoms with Crippen LogP contribution in [-0.2, 0) is 16.1 Å². The molecule has 2 N–H and O–H groups in total. The Morgan fingerprint density at radius 1 is 1.28 bits per heavy atom. The van der Waals surface area contributed by atoms with Gasteiger partial charge in [-0.25, -0.2) is 0 Å². The predicted molar refractivity (Wildman–Crippen MR) is 66.3 cm³/mol. The summed E-state index contributed by atoms with van der Waals surface area (Å²) in [6, 6.07) is 7.30. The molecule has 5 heteroatoms. The Balaban J connectivity index is 2.44. The van der Waals surface area contributed by atoms with Gasteiger partial charge in [-0.05, 0) is 31.5 Å². The number of nitrogens with one attached hydrogen (secondary N) is 1. The summed E-state index contributed by atoms with van der Waals surface area (Å²) in [5.74, 6) is -0.858. The Morgan fingerprint density at radius 3 is 2.39 bits per heavy atom. The molecule has 5 nitrogen and oxygen atoms in total. The van der Waals surface area contributed by atoms with Crippen LogP contribution in [0.15, 0.2) is 24.3 Å². The number of carbonyl (C=O) groups excluding carboxylic acids is 1. The second-order valence-corrected chi connectivity index (χ2v) is 4.16. The van der Waals surface area contributed by atoms with Gasteiger partial charge in [-0.15, -0.1) is 0 Å². The standard InChI is InChI=1S/C13H17NO4/c1-9(2)18-11-5-3-10(4-6-11)8-14-12(15)7-13(16)17/h3-6,9H,7-8H2,1-2H3,(H,14,15)(H,16,17). The van der Waals surface area contributed by atoms with Crippen LogP contribution in [0.1, 0.15) is 25.8 Å². The molecule has 0 aliphatic rings. The van der Waals surface area contributed by atoms with Gasteiger partial charge in [0.2, 0.25) is 5.91 Å². The van der Waals surface area contributed by atoms with E-state index in [9.17, 15) is 9.59 Å². The van der Waals surface area contributed by atoms with Gasteiger partial charge in [0.25, 0.3) is 0 Å². The summed E-state index contributed by atoms with van der Waals surface area (Å²) >= 11 is 0. The summed E-state index contributed by atoms with van der Waals surface area (Å²) in [6.45, 7) is 4.20. The highest BCUT2D eigenvalue weighted by molar-refractivity contribution is 5.93. The molecule has 0 aromatic heterocycles. The van der Waals surface area contributed by atoms with E-state index in [-0.39, 0.29) is 6.10 Å². The first kappa shape index (κ1) is 14.0. The number of carboxylic acids is 1. The molecule has 0 saturated heterocycles. The number of rotatable bonds is 6.